The van der Waals surface area contributed by atoms with Gasteiger partial charge in [-0.2, -0.15) is 0 Å². The van der Waals surface area contributed by atoms with E-state index in [2.05, 4.69) is 5.32 Å². The summed E-state index contributed by atoms with van der Waals surface area (Å²) in [5, 5.41) is 11.5. The van der Waals surface area contributed by atoms with Crippen molar-refractivity contribution in [1.82, 2.24) is 5.32 Å². The quantitative estimate of drug-likeness (QED) is 0.437. The molecular formula is C12H25N3O3. The summed E-state index contributed by atoms with van der Waals surface area (Å²) < 4.78 is 0. The summed E-state index contributed by atoms with van der Waals surface area (Å²) in [6.07, 6.45) is 2.35. The topological polar surface area (TPSA) is 118 Å². The van der Waals surface area contributed by atoms with Crippen molar-refractivity contribution in [2.75, 3.05) is 6.54 Å². The minimum absolute atomic E-state index is 0.297. The van der Waals surface area contributed by atoms with Crippen molar-refractivity contribution in [3.05, 3.63) is 0 Å². The Bertz CT molecular complexity index is 269. The van der Waals surface area contributed by atoms with Gasteiger partial charge in [-0.15, -0.1) is 0 Å². The van der Waals surface area contributed by atoms with E-state index in [0.29, 0.717) is 31.7 Å². The van der Waals surface area contributed by atoms with Gasteiger partial charge in [0.1, 0.15) is 6.04 Å². The third-order valence-electron chi connectivity index (χ3n) is 2.62. The molecule has 0 radical (unpaired) electrons. The largest absolute Gasteiger partial charge is 0.480 e. The highest BCUT2D eigenvalue weighted by Crippen LogP contribution is 2.05. The third-order valence-corrected chi connectivity index (χ3v) is 2.62. The Morgan fingerprint density at radius 3 is 2.33 bits per heavy atom. The standard InChI is InChI=1S/C12H25N3O3/c1-8(2)7-9(14)11(16)15-10(12(17)18)5-3-4-6-13/h8-10H,3-7,13-14H2,1-2H3,(H,15,16)(H,17,18). The van der Waals surface area contributed by atoms with Gasteiger partial charge in [-0.3, -0.25) is 4.79 Å². The number of carbonyl (C=O) groups is 2. The molecule has 0 saturated carbocycles. The minimum atomic E-state index is -1.03. The predicted octanol–water partition coefficient (Wildman–Crippen LogP) is 0.0582. The molecule has 0 saturated heterocycles. The fraction of sp³-hybridized carbons (Fsp3) is 0.833. The van der Waals surface area contributed by atoms with Crippen molar-refractivity contribution in [3.63, 3.8) is 0 Å². The van der Waals surface area contributed by atoms with Gasteiger partial charge in [0.25, 0.3) is 0 Å². The lowest BCUT2D eigenvalue weighted by molar-refractivity contribution is -0.142. The third kappa shape index (κ3) is 7.24. The molecule has 0 aromatic rings. The summed E-state index contributed by atoms with van der Waals surface area (Å²) in [6.45, 7) is 4.44. The smallest absolute Gasteiger partial charge is 0.326 e. The summed E-state index contributed by atoms with van der Waals surface area (Å²) >= 11 is 0. The van der Waals surface area contributed by atoms with Gasteiger partial charge in [0.05, 0.1) is 6.04 Å². The summed E-state index contributed by atoms with van der Waals surface area (Å²) in [7, 11) is 0. The number of aliphatic carboxylic acids is 1. The summed E-state index contributed by atoms with van der Waals surface area (Å²) in [5.41, 5.74) is 11.0. The molecule has 0 aromatic heterocycles. The van der Waals surface area contributed by atoms with E-state index in [1.807, 2.05) is 13.8 Å². The van der Waals surface area contributed by atoms with Gasteiger partial charge in [0.2, 0.25) is 5.91 Å². The number of hydrogen-bond acceptors (Lipinski definition) is 4. The fourth-order valence-electron chi connectivity index (χ4n) is 1.64. The van der Waals surface area contributed by atoms with Crippen LogP contribution in [0.3, 0.4) is 0 Å². The van der Waals surface area contributed by atoms with Gasteiger partial charge in [-0.1, -0.05) is 13.8 Å². The van der Waals surface area contributed by atoms with Crippen LogP contribution >= 0.6 is 0 Å². The van der Waals surface area contributed by atoms with E-state index in [9.17, 15) is 9.59 Å². The SMILES string of the molecule is CC(C)CC(N)C(=O)NC(CCCCN)C(=O)O. The molecule has 0 aromatic carbocycles. The Labute approximate surface area is 108 Å². The minimum Gasteiger partial charge on any atom is -0.480 e. The molecule has 0 bridgehead atoms. The molecule has 0 spiro atoms. The van der Waals surface area contributed by atoms with Crippen LogP contribution in [0.15, 0.2) is 0 Å². The predicted molar refractivity (Wildman–Crippen MR) is 69.9 cm³/mol. The molecule has 6 N–H and O–H groups in total. The Hall–Kier alpha value is -1.14. The average molecular weight is 259 g/mol. The number of carbonyl (C=O) groups excluding carboxylic acids is 1. The fourth-order valence-corrected chi connectivity index (χ4v) is 1.64. The van der Waals surface area contributed by atoms with Crippen LogP contribution in [0.2, 0.25) is 0 Å². The van der Waals surface area contributed by atoms with Crippen molar-refractivity contribution in [3.8, 4) is 0 Å². The maximum Gasteiger partial charge on any atom is 0.326 e. The average Bonchev–Trinajstić information content (AvgIpc) is 2.26. The molecule has 1 amide bonds. The molecule has 0 rings (SSSR count). The Kier molecular flexibility index (Phi) is 8.32. The highest BCUT2D eigenvalue weighted by molar-refractivity contribution is 5.86. The second-order valence-corrected chi connectivity index (χ2v) is 4.92. The number of rotatable bonds is 9. The van der Waals surface area contributed by atoms with Crippen molar-refractivity contribution < 1.29 is 14.7 Å². The number of amides is 1. The van der Waals surface area contributed by atoms with Crippen LogP contribution in [0.25, 0.3) is 0 Å². The molecule has 2 atom stereocenters. The highest BCUT2D eigenvalue weighted by atomic mass is 16.4. The van der Waals surface area contributed by atoms with Crippen LogP contribution in [0.1, 0.15) is 39.5 Å². The molecule has 0 aliphatic heterocycles. The lowest BCUT2D eigenvalue weighted by Gasteiger charge is -2.18. The molecule has 6 nitrogen and oxygen atoms in total. The van der Waals surface area contributed by atoms with Crippen LogP contribution in [-0.4, -0.2) is 35.6 Å². The van der Waals surface area contributed by atoms with Crippen molar-refractivity contribution in [2.45, 2.75) is 51.6 Å². The van der Waals surface area contributed by atoms with E-state index in [1.54, 1.807) is 0 Å². The number of hydrogen-bond donors (Lipinski definition) is 4. The zero-order chi connectivity index (χ0) is 14.1. The van der Waals surface area contributed by atoms with Crippen molar-refractivity contribution >= 4 is 11.9 Å². The van der Waals surface area contributed by atoms with Crippen LogP contribution in [-0.2, 0) is 9.59 Å². The lowest BCUT2D eigenvalue weighted by Crippen LogP contribution is -2.48. The highest BCUT2D eigenvalue weighted by Gasteiger charge is 2.23. The van der Waals surface area contributed by atoms with Gasteiger partial charge in [-0.25, -0.2) is 4.79 Å². The first-order chi connectivity index (χ1) is 8.38. The summed E-state index contributed by atoms with van der Waals surface area (Å²) in [5.74, 6) is -1.13. The first-order valence-corrected chi connectivity index (χ1v) is 6.37. The van der Waals surface area contributed by atoms with Gasteiger partial charge >= 0.3 is 5.97 Å². The molecular weight excluding hydrogens is 234 g/mol. The molecule has 0 aliphatic rings. The molecule has 2 unspecified atom stereocenters. The second-order valence-electron chi connectivity index (χ2n) is 4.92. The van der Waals surface area contributed by atoms with E-state index in [1.165, 1.54) is 0 Å². The first kappa shape index (κ1) is 16.9. The van der Waals surface area contributed by atoms with E-state index in [-0.39, 0.29) is 0 Å². The number of carboxylic acid groups (broad SMARTS) is 1. The van der Waals surface area contributed by atoms with E-state index < -0.39 is 24.0 Å². The normalized spacial score (nSPS) is 14.3. The van der Waals surface area contributed by atoms with E-state index in [0.717, 1.165) is 6.42 Å². The zero-order valence-corrected chi connectivity index (χ0v) is 11.2. The maximum atomic E-state index is 11.7. The van der Waals surface area contributed by atoms with Gasteiger partial charge in [0.15, 0.2) is 0 Å². The van der Waals surface area contributed by atoms with E-state index >= 15 is 0 Å². The van der Waals surface area contributed by atoms with Gasteiger partial charge < -0.3 is 21.9 Å². The Morgan fingerprint density at radius 2 is 1.89 bits per heavy atom. The van der Waals surface area contributed by atoms with Crippen LogP contribution in [0.4, 0.5) is 0 Å². The summed E-state index contributed by atoms with van der Waals surface area (Å²) in [6, 6.07) is -1.52. The number of unbranched alkanes of at least 4 members (excludes halogenated alkanes) is 1. The van der Waals surface area contributed by atoms with Gasteiger partial charge in [0, 0.05) is 0 Å². The molecule has 0 heterocycles. The van der Waals surface area contributed by atoms with Gasteiger partial charge in [-0.05, 0) is 38.1 Å². The Balaban J connectivity index is 4.22. The maximum absolute atomic E-state index is 11.7. The molecule has 18 heavy (non-hydrogen) atoms. The lowest BCUT2D eigenvalue weighted by atomic mass is 10.0. The van der Waals surface area contributed by atoms with Crippen molar-refractivity contribution in [2.24, 2.45) is 17.4 Å². The second kappa shape index (κ2) is 8.88. The number of nitrogens with two attached hydrogens (primary N) is 2. The molecule has 0 aliphatic carbocycles. The van der Waals surface area contributed by atoms with Crippen LogP contribution < -0.4 is 16.8 Å². The summed E-state index contributed by atoms with van der Waals surface area (Å²) in [4.78, 5) is 22.7. The number of nitrogens with one attached hydrogen (secondary N) is 1. The Morgan fingerprint density at radius 1 is 1.28 bits per heavy atom. The zero-order valence-electron chi connectivity index (χ0n) is 11.2. The molecule has 6 heteroatoms. The first-order valence-electron chi connectivity index (χ1n) is 6.37. The van der Waals surface area contributed by atoms with E-state index in [4.69, 9.17) is 16.6 Å². The monoisotopic (exact) mass is 259 g/mol. The molecule has 0 fully saturated rings. The van der Waals surface area contributed by atoms with Crippen LogP contribution in [0, 0.1) is 5.92 Å². The van der Waals surface area contributed by atoms with Crippen LogP contribution in [0.5, 0.6) is 0 Å². The van der Waals surface area contributed by atoms with Crippen molar-refractivity contribution in [1.29, 1.82) is 0 Å². The number of carboxylic acids is 1. The molecule has 106 valence electrons.